The third-order valence-electron chi connectivity index (χ3n) is 4.39. The number of fused-ring (bicyclic) bond motifs is 3. The van der Waals surface area contributed by atoms with Gasteiger partial charge < -0.3 is 10.4 Å². The number of aliphatic hydroxyl groups is 1. The molecule has 2 aliphatic rings. The highest BCUT2D eigenvalue weighted by molar-refractivity contribution is 5.35. The summed E-state index contributed by atoms with van der Waals surface area (Å²) >= 11 is 0. The molecule has 1 aromatic carbocycles. The molecule has 86 valence electrons. The van der Waals surface area contributed by atoms with Crippen LogP contribution in [0.2, 0.25) is 0 Å². The predicted octanol–water partition coefficient (Wildman–Crippen LogP) is 2.04. The number of aryl methyl sites for hydroxylation is 1. The fourth-order valence-electron chi connectivity index (χ4n) is 3.43. The Balaban J connectivity index is 2.04. The average molecular weight is 217 g/mol. The fourth-order valence-corrected chi connectivity index (χ4v) is 3.43. The van der Waals surface area contributed by atoms with E-state index < -0.39 is 0 Å². The topological polar surface area (TPSA) is 32.3 Å². The van der Waals surface area contributed by atoms with Gasteiger partial charge in [-0.15, -0.1) is 0 Å². The molecule has 0 bridgehead atoms. The number of aliphatic hydroxyl groups excluding tert-OH is 1. The Bertz CT molecular complexity index is 390. The van der Waals surface area contributed by atoms with E-state index in [4.69, 9.17) is 0 Å². The molecule has 2 heteroatoms. The van der Waals surface area contributed by atoms with E-state index >= 15 is 0 Å². The maximum Gasteiger partial charge on any atom is 0.0505 e. The van der Waals surface area contributed by atoms with Gasteiger partial charge in [0.05, 0.1) is 6.61 Å². The summed E-state index contributed by atoms with van der Waals surface area (Å²) in [6.07, 6.45) is 4.60. The van der Waals surface area contributed by atoms with Gasteiger partial charge in [-0.3, -0.25) is 0 Å². The molecule has 0 saturated carbocycles. The lowest BCUT2D eigenvalue weighted by Crippen LogP contribution is -2.48. The van der Waals surface area contributed by atoms with Crippen molar-refractivity contribution in [2.45, 2.75) is 31.7 Å². The SMILES string of the molecule is OC[C@]12CCCN[C@@H]1c1ccccc1CC2. The summed E-state index contributed by atoms with van der Waals surface area (Å²) in [5.74, 6) is 0. The van der Waals surface area contributed by atoms with Crippen LogP contribution in [-0.4, -0.2) is 18.3 Å². The van der Waals surface area contributed by atoms with Gasteiger partial charge in [-0.25, -0.2) is 0 Å². The Morgan fingerprint density at radius 3 is 3.06 bits per heavy atom. The van der Waals surface area contributed by atoms with Crippen molar-refractivity contribution < 1.29 is 5.11 Å². The molecule has 0 unspecified atom stereocenters. The van der Waals surface area contributed by atoms with Gasteiger partial charge in [0.1, 0.15) is 0 Å². The molecule has 0 spiro atoms. The second kappa shape index (κ2) is 3.86. The Morgan fingerprint density at radius 1 is 1.31 bits per heavy atom. The lowest BCUT2D eigenvalue weighted by Gasteiger charge is -2.47. The number of benzene rings is 1. The Hall–Kier alpha value is -0.860. The normalized spacial score (nSPS) is 32.9. The van der Waals surface area contributed by atoms with Crippen LogP contribution in [0.25, 0.3) is 0 Å². The van der Waals surface area contributed by atoms with Crippen LogP contribution in [0.1, 0.15) is 36.4 Å². The number of rotatable bonds is 1. The monoisotopic (exact) mass is 217 g/mol. The molecule has 3 rings (SSSR count). The lowest BCUT2D eigenvalue weighted by molar-refractivity contribution is 0.0347. The van der Waals surface area contributed by atoms with Crippen LogP contribution in [0.3, 0.4) is 0 Å². The van der Waals surface area contributed by atoms with Crippen LogP contribution in [-0.2, 0) is 6.42 Å². The molecule has 1 heterocycles. The van der Waals surface area contributed by atoms with Crippen molar-refractivity contribution in [2.24, 2.45) is 5.41 Å². The summed E-state index contributed by atoms with van der Waals surface area (Å²) in [6, 6.07) is 9.06. The minimum atomic E-state index is 0.104. The van der Waals surface area contributed by atoms with Crippen molar-refractivity contribution in [1.82, 2.24) is 5.32 Å². The molecular weight excluding hydrogens is 198 g/mol. The van der Waals surface area contributed by atoms with Gasteiger partial charge in [0.15, 0.2) is 0 Å². The molecule has 1 saturated heterocycles. The third-order valence-corrected chi connectivity index (χ3v) is 4.39. The highest BCUT2D eigenvalue weighted by atomic mass is 16.3. The summed E-state index contributed by atoms with van der Waals surface area (Å²) < 4.78 is 0. The van der Waals surface area contributed by atoms with Crippen molar-refractivity contribution in [2.75, 3.05) is 13.2 Å². The molecule has 0 radical (unpaired) electrons. The minimum Gasteiger partial charge on any atom is -0.396 e. The summed E-state index contributed by atoms with van der Waals surface area (Å²) in [6.45, 7) is 1.40. The first-order valence-electron chi connectivity index (χ1n) is 6.28. The van der Waals surface area contributed by atoms with Gasteiger partial charge in [-0.1, -0.05) is 24.3 Å². The lowest BCUT2D eigenvalue weighted by atomic mass is 9.64. The molecule has 1 aromatic rings. The van der Waals surface area contributed by atoms with Crippen LogP contribution < -0.4 is 5.32 Å². The molecule has 0 amide bonds. The molecule has 2 N–H and O–H groups in total. The van der Waals surface area contributed by atoms with E-state index in [2.05, 4.69) is 29.6 Å². The van der Waals surface area contributed by atoms with E-state index in [9.17, 15) is 5.11 Å². The first kappa shape index (κ1) is 10.3. The zero-order chi connectivity index (χ0) is 11.0. The van der Waals surface area contributed by atoms with Crippen molar-refractivity contribution in [3.8, 4) is 0 Å². The maximum absolute atomic E-state index is 9.76. The number of piperidine rings is 1. The first-order valence-corrected chi connectivity index (χ1v) is 6.28. The molecule has 1 aliphatic heterocycles. The molecule has 1 aliphatic carbocycles. The van der Waals surface area contributed by atoms with E-state index in [1.165, 1.54) is 17.5 Å². The molecule has 0 aromatic heterocycles. The standard InChI is InChI=1S/C14H19NO/c16-10-14-7-3-9-15-13(14)12-5-2-1-4-11(12)6-8-14/h1-2,4-5,13,15-16H,3,6-10H2/t13-,14-/m1/s1. The summed E-state index contributed by atoms with van der Waals surface area (Å²) in [7, 11) is 0. The van der Waals surface area contributed by atoms with Gasteiger partial charge in [-0.2, -0.15) is 0 Å². The van der Waals surface area contributed by atoms with Crippen LogP contribution in [0.4, 0.5) is 0 Å². The van der Waals surface area contributed by atoms with Crippen molar-refractivity contribution in [3.05, 3.63) is 35.4 Å². The second-order valence-corrected chi connectivity index (χ2v) is 5.21. The van der Waals surface area contributed by atoms with E-state index in [-0.39, 0.29) is 5.41 Å². The van der Waals surface area contributed by atoms with Gasteiger partial charge >= 0.3 is 0 Å². The van der Waals surface area contributed by atoms with Crippen LogP contribution in [0, 0.1) is 5.41 Å². The highest BCUT2D eigenvalue weighted by Crippen LogP contribution is 2.48. The summed E-state index contributed by atoms with van der Waals surface area (Å²) in [4.78, 5) is 0. The second-order valence-electron chi connectivity index (χ2n) is 5.21. The highest BCUT2D eigenvalue weighted by Gasteiger charge is 2.43. The first-order chi connectivity index (χ1) is 7.86. The summed E-state index contributed by atoms with van der Waals surface area (Å²) in [5.41, 5.74) is 2.99. The minimum absolute atomic E-state index is 0.104. The van der Waals surface area contributed by atoms with Crippen LogP contribution in [0.15, 0.2) is 24.3 Å². The fraction of sp³-hybridized carbons (Fsp3) is 0.571. The van der Waals surface area contributed by atoms with Crippen molar-refractivity contribution in [3.63, 3.8) is 0 Å². The van der Waals surface area contributed by atoms with Gasteiger partial charge in [-0.05, 0) is 43.4 Å². The van der Waals surface area contributed by atoms with Gasteiger partial charge in [0, 0.05) is 11.5 Å². The maximum atomic E-state index is 9.76. The molecule has 1 fully saturated rings. The molecule has 2 nitrogen and oxygen atoms in total. The summed E-state index contributed by atoms with van der Waals surface area (Å²) in [5, 5.41) is 13.4. The van der Waals surface area contributed by atoms with Crippen molar-refractivity contribution in [1.29, 1.82) is 0 Å². The van der Waals surface area contributed by atoms with E-state index in [1.54, 1.807) is 0 Å². The van der Waals surface area contributed by atoms with Crippen molar-refractivity contribution >= 4 is 0 Å². The van der Waals surface area contributed by atoms with E-state index in [0.717, 1.165) is 25.8 Å². The van der Waals surface area contributed by atoms with Crippen LogP contribution in [0.5, 0.6) is 0 Å². The van der Waals surface area contributed by atoms with Gasteiger partial charge in [0.2, 0.25) is 0 Å². The van der Waals surface area contributed by atoms with Gasteiger partial charge in [0.25, 0.3) is 0 Å². The Labute approximate surface area is 96.7 Å². The quantitative estimate of drug-likeness (QED) is 0.754. The number of nitrogens with one attached hydrogen (secondary N) is 1. The van der Waals surface area contributed by atoms with E-state index in [1.807, 2.05) is 0 Å². The molecule has 16 heavy (non-hydrogen) atoms. The molecular formula is C14H19NO. The van der Waals surface area contributed by atoms with E-state index in [0.29, 0.717) is 12.6 Å². The molecule has 2 atom stereocenters. The zero-order valence-electron chi connectivity index (χ0n) is 9.58. The average Bonchev–Trinajstić information content (AvgIpc) is 2.38. The smallest absolute Gasteiger partial charge is 0.0505 e. The Kier molecular flexibility index (Phi) is 2.49. The zero-order valence-corrected chi connectivity index (χ0v) is 9.58. The largest absolute Gasteiger partial charge is 0.396 e. The predicted molar refractivity (Wildman–Crippen MR) is 64.3 cm³/mol. The Morgan fingerprint density at radius 2 is 2.19 bits per heavy atom. The number of hydrogen-bond donors (Lipinski definition) is 2. The van der Waals surface area contributed by atoms with Crippen LogP contribution >= 0.6 is 0 Å². The number of hydrogen-bond acceptors (Lipinski definition) is 2. The third kappa shape index (κ3) is 1.40.